The number of hydrogen-bond donors (Lipinski definition) is 1. The molecular formula is C15H21N3O2S. The first kappa shape index (κ1) is 14.6. The fourth-order valence-electron chi connectivity index (χ4n) is 2.96. The topological polar surface area (TPSA) is 56.4 Å². The Morgan fingerprint density at radius 1 is 1.19 bits per heavy atom. The van der Waals surface area contributed by atoms with Crippen LogP contribution in [0, 0.1) is 6.92 Å². The van der Waals surface area contributed by atoms with Gasteiger partial charge >= 0.3 is 0 Å². The molecule has 6 heteroatoms. The number of nitrogens with zero attached hydrogens (tertiary/aromatic N) is 2. The first-order valence-electron chi connectivity index (χ1n) is 7.17. The van der Waals surface area contributed by atoms with E-state index in [1.54, 1.807) is 18.4 Å². The van der Waals surface area contributed by atoms with Crippen LogP contribution in [-0.2, 0) is 23.1 Å². The number of aryl methyl sites for hydroxylation is 1. The SMILES string of the molecule is Cc1ccc2[nH]c3c(c2c1)CCN(S(=O)(=O)N(C)C)CC3. The minimum absolute atomic E-state index is 0.527. The van der Waals surface area contributed by atoms with Crippen molar-refractivity contribution >= 4 is 21.1 Å². The molecule has 21 heavy (non-hydrogen) atoms. The second-order valence-corrected chi connectivity index (χ2v) is 7.96. The maximum atomic E-state index is 12.3. The molecule has 1 N–H and O–H groups in total. The summed E-state index contributed by atoms with van der Waals surface area (Å²) >= 11 is 0. The van der Waals surface area contributed by atoms with E-state index in [4.69, 9.17) is 0 Å². The number of benzene rings is 1. The lowest BCUT2D eigenvalue weighted by atomic mass is 10.1. The van der Waals surface area contributed by atoms with Gasteiger partial charge in [0.05, 0.1) is 0 Å². The average molecular weight is 307 g/mol. The largest absolute Gasteiger partial charge is 0.358 e. The molecule has 0 fully saturated rings. The van der Waals surface area contributed by atoms with Gasteiger partial charge in [0.15, 0.2) is 0 Å². The minimum Gasteiger partial charge on any atom is -0.358 e. The van der Waals surface area contributed by atoms with Gasteiger partial charge < -0.3 is 4.98 Å². The van der Waals surface area contributed by atoms with Crippen LogP contribution in [0.2, 0.25) is 0 Å². The Bertz CT molecular complexity index is 778. The van der Waals surface area contributed by atoms with Crippen LogP contribution in [0.4, 0.5) is 0 Å². The van der Waals surface area contributed by atoms with Gasteiger partial charge in [0, 0.05) is 50.2 Å². The number of hydrogen-bond acceptors (Lipinski definition) is 2. The summed E-state index contributed by atoms with van der Waals surface area (Å²) in [6.45, 7) is 3.14. The third kappa shape index (κ3) is 2.47. The van der Waals surface area contributed by atoms with Gasteiger partial charge in [-0.3, -0.25) is 0 Å². The standard InChI is InChI=1S/C15H21N3O2S/c1-11-4-5-14-13(10-11)12-6-8-18(9-7-15(12)16-14)21(19,20)17(2)3/h4-5,10,16H,6-9H2,1-3H3. The van der Waals surface area contributed by atoms with Crippen molar-refractivity contribution in [2.45, 2.75) is 19.8 Å². The Morgan fingerprint density at radius 3 is 2.62 bits per heavy atom. The zero-order valence-electron chi connectivity index (χ0n) is 12.7. The smallest absolute Gasteiger partial charge is 0.281 e. The molecule has 0 saturated carbocycles. The summed E-state index contributed by atoms with van der Waals surface area (Å²) in [7, 11) is -0.164. The second-order valence-electron chi connectivity index (χ2n) is 5.82. The molecule has 114 valence electrons. The molecule has 1 aliphatic heterocycles. The molecule has 5 nitrogen and oxygen atoms in total. The number of H-pyrrole nitrogens is 1. The lowest BCUT2D eigenvalue weighted by Crippen LogP contribution is -2.41. The highest BCUT2D eigenvalue weighted by Crippen LogP contribution is 2.27. The number of fused-ring (bicyclic) bond motifs is 3. The highest BCUT2D eigenvalue weighted by atomic mass is 32.2. The lowest BCUT2D eigenvalue weighted by molar-refractivity contribution is 0.385. The molecule has 1 aliphatic rings. The van der Waals surface area contributed by atoms with Crippen LogP contribution in [0.15, 0.2) is 18.2 Å². The Balaban J connectivity index is 1.96. The molecule has 1 aromatic heterocycles. The van der Waals surface area contributed by atoms with Crippen LogP contribution >= 0.6 is 0 Å². The molecule has 2 heterocycles. The molecule has 0 atom stereocenters. The molecule has 0 saturated heterocycles. The highest BCUT2D eigenvalue weighted by molar-refractivity contribution is 7.86. The van der Waals surface area contributed by atoms with Gasteiger partial charge in [-0.25, -0.2) is 0 Å². The fraction of sp³-hybridized carbons (Fsp3) is 0.467. The molecule has 2 aromatic rings. The van der Waals surface area contributed by atoms with Gasteiger partial charge in [-0.1, -0.05) is 11.6 Å². The van der Waals surface area contributed by atoms with Gasteiger partial charge in [0.25, 0.3) is 10.2 Å². The van der Waals surface area contributed by atoms with E-state index < -0.39 is 10.2 Å². The molecule has 0 aliphatic carbocycles. The summed E-state index contributed by atoms with van der Waals surface area (Å²) in [4.78, 5) is 3.45. The molecule has 0 radical (unpaired) electrons. The number of aromatic nitrogens is 1. The summed E-state index contributed by atoms with van der Waals surface area (Å²) in [6, 6.07) is 6.38. The third-order valence-corrected chi connectivity index (χ3v) is 6.10. The first-order valence-corrected chi connectivity index (χ1v) is 8.57. The molecule has 0 unspecified atom stereocenters. The van der Waals surface area contributed by atoms with Crippen molar-refractivity contribution < 1.29 is 8.42 Å². The van der Waals surface area contributed by atoms with E-state index in [-0.39, 0.29) is 0 Å². The zero-order chi connectivity index (χ0) is 15.2. The Hall–Kier alpha value is -1.37. The predicted molar refractivity (Wildman–Crippen MR) is 84.6 cm³/mol. The quantitative estimate of drug-likeness (QED) is 0.918. The van der Waals surface area contributed by atoms with Crippen molar-refractivity contribution in [3.8, 4) is 0 Å². The fourth-order valence-corrected chi connectivity index (χ4v) is 4.07. The lowest BCUT2D eigenvalue weighted by Gasteiger charge is -2.23. The zero-order valence-corrected chi connectivity index (χ0v) is 13.5. The Kier molecular flexibility index (Phi) is 3.55. The van der Waals surface area contributed by atoms with Crippen LogP contribution in [0.1, 0.15) is 16.8 Å². The molecule has 3 rings (SSSR count). The molecule has 1 aromatic carbocycles. The van der Waals surface area contributed by atoms with Crippen molar-refractivity contribution in [2.24, 2.45) is 0 Å². The third-order valence-electron chi connectivity index (χ3n) is 4.16. The second kappa shape index (κ2) is 5.12. The minimum atomic E-state index is -3.33. The Morgan fingerprint density at radius 2 is 1.90 bits per heavy atom. The van der Waals surface area contributed by atoms with Gasteiger partial charge in [-0.2, -0.15) is 17.0 Å². The van der Waals surface area contributed by atoms with Gasteiger partial charge in [-0.15, -0.1) is 0 Å². The predicted octanol–water partition coefficient (Wildman–Crippen LogP) is 1.68. The van der Waals surface area contributed by atoms with Crippen LogP contribution < -0.4 is 0 Å². The van der Waals surface area contributed by atoms with E-state index in [0.29, 0.717) is 13.1 Å². The van der Waals surface area contributed by atoms with E-state index in [1.165, 1.54) is 26.5 Å². The van der Waals surface area contributed by atoms with Crippen molar-refractivity contribution in [1.82, 2.24) is 13.6 Å². The van der Waals surface area contributed by atoms with Crippen molar-refractivity contribution in [3.05, 3.63) is 35.0 Å². The number of rotatable bonds is 2. The highest BCUT2D eigenvalue weighted by Gasteiger charge is 2.27. The monoisotopic (exact) mass is 307 g/mol. The van der Waals surface area contributed by atoms with Crippen LogP contribution in [0.25, 0.3) is 10.9 Å². The Labute approximate surface area is 125 Å². The molecule has 0 bridgehead atoms. The van der Waals surface area contributed by atoms with Gasteiger partial charge in [0.1, 0.15) is 0 Å². The normalized spacial score (nSPS) is 17.1. The van der Waals surface area contributed by atoms with Crippen molar-refractivity contribution in [2.75, 3.05) is 27.2 Å². The van der Waals surface area contributed by atoms with E-state index in [0.717, 1.165) is 18.4 Å². The van der Waals surface area contributed by atoms with Crippen molar-refractivity contribution in [3.63, 3.8) is 0 Å². The molecule has 0 spiro atoms. The first-order chi connectivity index (χ1) is 9.89. The maximum Gasteiger partial charge on any atom is 0.281 e. The van der Waals surface area contributed by atoms with E-state index >= 15 is 0 Å². The summed E-state index contributed by atoms with van der Waals surface area (Å²) < 4.78 is 27.4. The molecular weight excluding hydrogens is 286 g/mol. The summed E-state index contributed by atoms with van der Waals surface area (Å²) in [5.74, 6) is 0. The summed E-state index contributed by atoms with van der Waals surface area (Å²) in [5, 5.41) is 1.23. The summed E-state index contributed by atoms with van der Waals surface area (Å²) in [6.07, 6.45) is 1.49. The maximum absolute atomic E-state index is 12.3. The van der Waals surface area contributed by atoms with Crippen molar-refractivity contribution in [1.29, 1.82) is 0 Å². The van der Waals surface area contributed by atoms with Crippen LogP contribution in [-0.4, -0.2) is 49.2 Å². The van der Waals surface area contributed by atoms with Gasteiger partial charge in [-0.05, 0) is 31.0 Å². The van der Waals surface area contributed by atoms with E-state index in [1.807, 2.05) is 0 Å². The van der Waals surface area contributed by atoms with E-state index in [2.05, 4.69) is 30.1 Å². The summed E-state index contributed by atoms with van der Waals surface area (Å²) in [5.41, 5.74) is 4.82. The van der Waals surface area contributed by atoms with Crippen LogP contribution in [0.5, 0.6) is 0 Å². The average Bonchev–Trinajstić information content (AvgIpc) is 2.62. The number of nitrogens with one attached hydrogen (secondary N) is 1. The number of aromatic amines is 1. The molecule has 0 amide bonds. The van der Waals surface area contributed by atoms with Gasteiger partial charge in [0.2, 0.25) is 0 Å². The van der Waals surface area contributed by atoms with Crippen LogP contribution in [0.3, 0.4) is 0 Å². The van der Waals surface area contributed by atoms with E-state index in [9.17, 15) is 8.42 Å².